The molecule has 0 radical (unpaired) electrons. The first-order chi connectivity index (χ1) is 11.1. The number of carbonyl (C=O) groups excluding carboxylic acids is 2. The molecule has 0 unspecified atom stereocenters. The van der Waals surface area contributed by atoms with Crippen LogP contribution in [-0.4, -0.2) is 31.6 Å². The minimum atomic E-state index is -1.02. The zero-order valence-corrected chi connectivity index (χ0v) is 15.3. The van der Waals surface area contributed by atoms with Crippen LogP contribution in [0.15, 0.2) is 12.1 Å². The van der Waals surface area contributed by atoms with Gasteiger partial charge in [0.2, 0.25) is 11.8 Å². The van der Waals surface area contributed by atoms with Gasteiger partial charge in [0.25, 0.3) is 0 Å². The van der Waals surface area contributed by atoms with Crippen molar-refractivity contribution in [3.05, 3.63) is 17.2 Å². The molecule has 0 aromatic heterocycles. The Morgan fingerprint density at radius 3 is 2.12 bits per heavy atom. The number of hydrogen-bond acceptors (Lipinski definition) is 4. The molecular formula is C17H23ClN2O4. The van der Waals surface area contributed by atoms with Crippen LogP contribution in [0.1, 0.15) is 33.6 Å². The van der Waals surface area contributed by atoms with Crippen molar-refractivity contribution in [1.82, 2.24) is 5.32 Å². The second-order valence-corrected chi connectivity index (χ2v) is 7.33. The van der Waals surface area contributed by atoms with E-state index >= 15 is 0 Å². The summed E-state index contributed by atoms with van der Waals surface area (Å²) in [7, 11) is 2.96. The van der Waals surface area contributed by atoms with Crippen molar-refractivity contribution >= 4 is 29.1 Å². The number of anilines is 1. The normalized spacial score (nSPS) is 15.4. The number of amides is 2. The van der Waals surface area contributed by atoms with Crippen LogP contribution in [0.3, 0.4) is 0 Å². The van der Waals surface area contributed by atoms with Crippen molar-refractivity contribution in [2.45, 2.75) is 39.2 Å². The summed E-state index contributed by atoms with van der Waals surface area (Å²) in [4.78, 5) is 25.1. The Labute approximate surface area is 146 Å². The highest BCUT2D eigenvalue weighted by Gasteiger charge is 2.57. The molecule has 0 bridgehead atoms. The minimum absolute atomic E-state index is 0.257. The van der Waals surface area contributed by atoms with Gasteiger partial charge in [-0.05, 0) is 33.6 Å². The third kappa shape index (κ3) is 3.75. The molecule has 0 aliphatic heterocycles. The largest absolute Gasteiger partial charge is 0.495 e. The van der Waals surface area contributed by atoms with Gasteiger partial charge in [0.1, 0.15) is 16.9 Å². The van der Waals surface area contributed by atoms with Gasteiger partial charge in [-0.25, -0.2) is 0 Å². The van der Waals surface area contributed by atoms with E-state index in [-0.39, 0.29) is 11.8 Å². The Morgan fingerprint density at radius 1 is 1.08 bits per heavy atom. The van der Waals surface area contributed by atoms with Crippen LogP contribution < -0.4 is 20.1 Å². The lowest BCUT2D eigenvalue weighted by molar-refractivity contribution is -0.135. The standard InChI is InChI=1S/C17H23ClN2O4/c1-16(2,3)20-15(22)17(6-7-17)14(21)19-11-9-12(23-4)10(18)8-13(11)24-5/h8-9H,6-7H2,1-5H3,(H,19,21)(H,20,22). The molecule has 2 rings (SSSR count). The van der Waals surface area contributed by atoms with E-state index in [2.05, 4.69) is 10.6 Å². The van der Waals surface area contributed by atoms with Crippen LogP contribution in [0.5, 0.6) is 11.5 Å². The molecule has 0 atom stereocenters. The Hall–Kier alpha value is -1.95. The average molecular weight is 355 g/mol. The lowest BCUT2D eigenvalue weighted by Gasteiger charge is -2.24. The van der Waals surface area contributed by atoms with Crippen molar-refractivity contribution in [3.8, 4) is 11.5 Å². The highest BCUT2D eigenvalue weighted by Crippen LogP contribution is 2.48. The second kappa shape index (κ2) is 6.51. The molecule has 24 heavy (non-hydrogen) atoms. The van der Waals surface area contributed by atoms with Crippen LogP contribution in [0.4, 0.5) is 5.69 Å². The Kier molecular flexibility index (Phi) is 4.99. The van der Waals surface area contributed by atoms with Gasteiger partial charge in [-0.1, -0.05) is 11.6 Å². The molecule has 1 saturated carbocycles. The highest BCUT2D eigenvalue weighted by atomic mass is 35.5. The van der Waals surface area contributed by atoms with Gasteiger partial charge in [0.05, 0.1) is 24.9 Å². The minimum Gasteiger partial charge on any atom is -0.495 e. The number of methoxy groups -OCH3 is 2. The molecule has 132 valence electrons. The van der Waals surface area contributed by atoms with E-state index in [0.29, 0.717) is 35.1 Å². The molecule has 1 aliphatic carbocycles. The molecule has 0 spiro atoms. The molecule has 1 aromatic carbocycles. The summed E-state index contributed by atoms with van der Waals surface area (Å²) in [6.07, 6.45) is 1.04. The number of ether oxygens (including phenoxy) is 2. The predicted octanol–water partition coefficient (Wildman–Crippen LogP) is 2.99. The maximum absolute atomic E-state index is 12.7. The summed E-state index contributed by atoms with van der Waals surface area (Å²) in [5.41, 5.74) is -1.00. The first-order valence-corrected chi connectivity index (χ1v) is 8.06. The van der Waals surface area contributed by atoms with E-state index in [4.69, 9.17) is 21.1 Å². The molecule has 6 nitrogen and oxygen atoms in total. The second-order valence-electron chi connectivity index (χ2n) is 6.93. The van der Waals surface area contributed by atoms with Crippen LogP contribution >= 0.6 is 11.6 Å². The fourth-order valence-electron chi connectivity index (χ4n) is 2.34. The molecule has 1 aliphatic rings. The predicted molar refractivity (Wildman–Crippen MR) is 92.7 cm³/mol. The van der Waals surface area contributed by atoms with Crippen molar-refractivity contribution < 1.29 is 19.1 Å². The summed E-state index contributed by atoms with van der Waals surface area (Å²) in [5, 5.41) is 6.02. The van der Waals surface area contributed by atoms with Gasteiger partial charge in [-0.15, -0.1) is 0 Å². The van der Waals surface area contributed by atoms with Crippen LogP contribution in [0, 0.1) is 5.41 Å². The summed E-state index contributed by atoms with van der Waals surface area (Å²) in [6, 6.07) is 3.14. The Bertz CT molecular complexity index is 663. The zero-order chi connectivity index (χ0) is 18.1. The van der Waals surface area contributed by atoms with Crippen LogP contribution in [-0.2, 0) is 9.59 Å². The fourth-order valence-corrected chi connectivity index (χ4v) is 2.57. The lowest BCUT2D eigenvalue weighted by atomic mass is 10.0. The first kappa shape index (κ1) is 18.4. The Balaban J connectivity index is 2.22. The van der Waals surface area contributed by atoms with Gasteiger partial charge in [0, 0.05) is 17.7 Å². The molecule has 2 N–H and O–H groups in total. The first-order valence-electron chi connectivity index (χ1n) is 7.68. The van der Waals surface area contributed by atoms with E-state index in [9.17, 15) is 9.59 Å². The van der Waals surface area contributed by atoms with Gasteiger partial charge in [0.15, 0.2) is 0 Å². The van der Waals surface area contributed by atoms with Crippen molar-refractivity contribution in [2.24, 2.45) is 5.41 Å². The van der Waals surface area contributed by atoms with E-state index in [1.807, 2.05) is 20.8 Å². The van der Waals surface area contributed by atoms with Crippen molar-refractivity contribution in [3.63, 3.8) is 0 Å². The molecule has 7 heteroatoms. The van der Waals surface area contributed by atoms with E-state index < -0.39 is 11.0 Å². The summed E-state index contributed by atoms with van der Waals surface area (Å²) in [5.74, 6) is 0.206. The quantitative estimate of drug-likeness (QED) is 0.797. The van der Waals surface area contributed by atoms with E-state index in [1.54, 1.807) is 12.1 Å². The van der Waals surface area contributed by atoms with Gasteiger partial charge < -0.3 is 20.1 Å². The monoisotopic (exact) mass is 354 g/mol. The molecule has 1 aromatic rings. The number of nitrogens with one attached hydrogen (secondary N) is 2. The van der Waals surface area contributed by atoms with Crippen LogP contribution in [0.2, 0.25) is 5.02 Å². The molecule has 0 saturated heterocycles. The van der Waals surface area contributed by atoms with E-state index in [1.165, 1.54) is 14.2 Å². The molecular weight excluding hydrogens is 332 g/mol. The SMILES string of the molecule is COc1cc(NC(=O)C2(C(=O)NC(C)(C)C)CC2)c(OC)cc1Cl. The van der Waals surface area contributed by atoms with Crippen molar-refractivity contribution in [1.29, 1.82) is 0 Å². The maximum Gasteiger partial charge on any atom is 0.240 e. The number of hydrogen-bond donors (Lipinski definition) is 2. The third-order valence-electron chi connectivity index (χ3n) is 3.83. The van der Waals surface area contributed by atoms with Gasteiger partial charge in [-0.2, -0.15) is 0 Å². The molecule has 1 fully saturated rings. The number of carbonyl (C=O) groups is 2. The lowest BCUT2D eigenvalue weighted by Crippen LogP contribution is -2.48. The summed E-state index contributed by atoms with van der Waals surface area (Å²) >= 11 is 6.06. The van der Waals surface area contributed by atoms with Crippen LogP contribution in [0.25, 0.3) is 0 Å². The topological polar surface area (TPSA) is 76.7 Å². The number of halogens is 1. The number of rotatable bonds is 5. The Morgan fingerprint density at radius 2 is 1.67 bits per heavy atom. The molecule has 0 heterocycles. The molecule has 2 amide bonds. The van der Waals surface area contributed by atoms with Crippen molar-refractivity contribution in [2.75, 3.05) is 19.5 Å². The maximum atomic E-state index is 12.7. The van der Waals surface area contributed by atoms with E-state index in [0.717, 1.165) is 0 Å². The average Bonchev–Trinajstić information content (AvgIpc) is 3.28. The highest BCUT2D eigenvalue weighted by molar-refractivity contribution is 6.32. The summed E-state index contributed by atoms with van der Waals surface area (Å²) in [6.45, 7) is 5.64. The summed E-state index contributed by atoms with van der Waals surface area (Å²) < 4.78 is 10.4. The van der Waals surface area contributed by atoms with Gasteiger partial charge in [-0.3, -0.25) is 9.59 Å². The smallest absolute Gasteiger partial charge is 0.240 e. The fraction of sp³-hybridized carbons (Fsp3) is 0.529. The zero-order valence-electron chi connectivity index (χ0n) is 14.6. The number of benzene rings is 1. The van der Waals surface area contributed by atoms with Gasteiger partial charge >= 0.3 is 0 Å². The third-order valence-corrected chi connectivity index (χ3v) is 4.13.